The Bertz CT molecular complexity index is 645. The van der Waals surface area contributed by atoms with Crippen molar-refractivity contribution in [1.82, 2.24) is 10.3 Å². The Morgan fingerprint density at radius 2 is 2.29 bits per heavy atom. The minimum absolute atomic E-state index is 0.205. The van der Waals surface area contributed by atoms with Crippen molar-refractivity contribution in [3.63, 3.8) is 0 Å². The van der Waals surface area contributed by atoms with Crippen LogP contribution in [0.4, 0.5) is 0 Å². The van der Waals surface area contributed by atoms with E-state index in [4.69, 9.17) is 10.00 Å². The molecule has 1 atom stereocenters. The Labute approximate surface area is 129 Å². The van der Waals surface area contributed by atoms with Crippen LogP contribution in [0.15, 0.2) is 24.4 Å². The number of rotatable bonds is 6. The summed E-state index contributed by atoms with van der Waals surface area (Å²) in [5.41, 5.74) is 1.65. The SMILES string of the molecule is CCc1cnc(C(C)NCc2ccc(C#N)c(OC)c2)s1. The fourth-order valence-electron chi connectivity index (χ4n) is 1.98. The van der Waals surface area contributed by atoms with Crippen molar-refractivity contribution < 1.29 is 4.74 Å². The third-order valence-electron chi connectivity index (χ3n) is 3.29. The van der Waals surface area contributed by atoms with Gasteiger partial charge in [0.15, 0.2) is 0 Å². The third kappa shape index (κ3) is 3.81. The number of hydrogen-bond acceptors (Lipinski definition) is 5. The van der Waals surface area contributed by atoms with Crippen LogP contribution in [0.3, 0.4) is 0 Å². The highest BCUT2D eigenvalue weighted by atomic mass is 32.1. The van der Waals surface area contributed by atoms with E-state index in [1.54, 1.807) is 24.5 Å². The van der Waals surface area contributed by atoms with Gasteiger partial charge in [-0.1, -0.05) is 13.0 Å². The molecule has 2 rings (SSSR count). The first-order valence-electron chi connectivity index (χ1n) is 6.93. The maximum absolute atomic E-state index is 8.98. The molecule has 1 N–H and O–H groups in total. The quantitative estimate of drug-likeness (QED) is 0.888. The largest absolute Gasteiger partial charge is 0.495 e. The van der Waals surface area contributed by atoms with E-state index in [-0.39, 0.29) is 6.04 Å². The van der Waals surface area contributed by atoms with Crippen LogP contribution in [0.1, 0.15) is 40.9 Å². The van der Waals surface area contributed by atoms with Crippen molar-refractivity contribution >= 4 is 11.3 Å². The van der Waals surface area contributed by atoms with E-state index in [0.29, 0.717) is 17.9 Å². The van der Waals surface area contributed by atoms with Gasteiger partial charge in [0.25, 0.3) is 0 Å². The Balaban J connectivity index is 2.01. The Hall–Kier alpha value is -1.90. The van der Waals surface area contributed by atoms with E-state index in [1.165, 1.54) is 4.88 Å². The molecule has 1 aromatic carbocycles. The maximum Gasteiger partial charge on any atom is 0.136 e. The highest BCUT2D eigenvalue weighted by Crippen LogP contribution is 2.22. The van der Waals surface area contributed by atoms with E-state index < -0.39 is 0 Å². The molecular weight excluding hydrogens is 282 g/mol. The van der Waals surface area contributed by atoms with Crippen molar-refractivity contribution in [2.75, 3.05) is 7.11 Å². The second kappa shape index (κ2) is 7.21. The van der Waals surface area contributed by atoms with Gasteiger partial charge in [0.1, 0.15) is 16.8 Å². The van der Waals surface area contributed by atoms with E-state index in [0.717, 1.165) is 17.0 Å². The fourth-order valence-corrected chi connectivity index (χ4v) is 2.87. The maximum atomic E-state index is 8.98. The van der Waals surface area contributed by atoms with Crippen molar-refractivity contribution in [2.45, 2.75) is 32.9 Å². The molecule has 1 aromatic heterocycles. The molecule has 5 heteroatoms. The van der Waals surface area contributed by atoms with Crippen molar-refractivity contribution in [2.24, 2.45) is 0 Å². The third-order valence-corrected chi connectivity index (χ3v) is 4.61. The summed E-state index contributed by atoms with van der Waals surface area (Å²) in [4.78, 5) is 5.75. The van der Waals surface area contributed by atoms with E-state index in [1.807, 2.05) is 18.3 Å². The van der Waals surface area contributed by atoms with E-state index >= 15 is 0 Å². The molecule has 4 nitrogen and oxygen atoms in total. The van der Waals surface area contributed by atoms with Gasteiger partial charge >= 0.3 is 0 Å². The second-order valence-electron chi connectivity index (χ2n) is 4.77. The number of nitrogens with zero attached hydrogens (tertiary/aromatic N) is 2. The Morgan fingerprint density at radius 1 is 1.48 bits per heavy atom. The summed E-state index contributed by atoms with van der Waals surface area (Å²) in [6, 6.07) is 7.96. The van der Waals surface area contributed by atoms with Crippen LogP contribution >= 0.6 is 11.3 Å². The average molecular weight is 301 g/mol. The first kappa shape index (κ1) is 15.5. The van der Waals surface area contributed by atoms with Gasteiger partial charge in [-0.15, -0.1) is 11.3 Å². The lowest BCUT2D eigenvalue weighted by Gasteiger charge is -2.12. The first-order valence-corrected chi connectivity index (χ1v) is 7.74. The molecule has 0 aliphatic rings. The molecule has 0 saturated heterocycles. The van der Waals surface area contributed by atoms with Gasteiger partial charge in [0.05, 0.1) is 18.7 Å². The highest BCUT2D eigenvalue weighted by molar-refractivity contribution is 7.11. The number of nitrogens with one attached hydrogen (secondary N) is 1. The predicted molar refractivity (Wildman–Crippen MR) is 84.5 cm³/mol. The van der Waals surface area contributed by atoms with Gasteiger partial charge in [-0.05, 0) is 31.0 Å². The lowest BCUT2D eigenvalue weighted by molar-refractivity contribution is 0.412. The lowest BCUT2D eigenvalue weighted by Crippen LogP contribution is -2.17. The molecule has 1 heterocycles. The van der Waals surface area contributed by atoms with Crippen LogP contribution in [-0.4, -0.2) is 12.1 Å². The Kier molecular flexibility index (Phi) is 5.32. The molecule has 0 bridgehead atoms. The molecule has 0 amide bonds. The van der Waals surface area contributed by atoms with Crippen molar-refractivity contribution in [1.29, 1.82) is 5.26 Å². The highest BCUT2D eigenvalue weighted by Gasteiger charge is 2.10. The molecule has 0 aliphatic carbocycles. The van der Waals surface area contributed by atoms with Crippen molar-refractivity contribution in [3.05, 3.63) is 45.4 Å². The van der Waals surface area contributed by atoms with Gasteiger partial charge in [-0.25, -0.2) is 4.98 Å². The molecular formula is C16H19N3OS. The summed E-state index contributed by atoms with van der Waals surface area (Å²) in [6.45, 7) is 4.96. The number of aromatic nitrogens is 1. The van der Waals surface area contributed by atoms with Crippen LogP contribution in [0.2, 0.25) is 0 Å². The summed E-state index contributed by atoms with van der Waals surface area (Å²) in [7, 11) is 1.58. The topological polar surface area (TPSA) is 57.9 Å². The molecule has 21 heavy (non-hydrogen) atoms. The summed E-state index contributed by atoms with van der Waals surface area (Å²) in [5.74, 6) is 0.618. The normalized spacial score (nSPS) is 11.9. The van der Waals surface area contributed by atoms with Gasteiger partial charge in [-0.2, -0.15) is 5.26 Å². The molecule has 0 fully saturated rings. The van der Waals surface area contributed by atoms with E-state index in [2.05, 4.69) is 30.2 Å². The molecule has 0 saturated carbocycles. The van der Waals surface area contributed by atoms with Crippen LogP contribution in [-0.2, 0) is 13.0 Å². The fraction of sp³-hybridized carbons (Fsp3) is 0.375. The number of hydrogen-bond donors (Lipinski definition) is 1. The van der Waals surface area contributed by atoms with Gasteiger partial charge in [0.2, 0.25) is 0 Å². The number of thiazole rings is 1. The average Bonchev–Trinajstić information content (AvgIpc) is 3.01. The molecule has 1 unspecified atom stereocenters. The standard InChI is InChI=1S/C16H19N3OS/c1-4-14-10-19-16(21-14)11(2)18-9-12-5-6-13(8-17)15(7-12)20-3/h5-7,10-11,18H,4,9H2,1-3H3. The van der Waals surface area contributed by atoms with Gasteiger partial charge < -0.3 is 10.1 Å². The first-order chi connectivity index (χ1) is 10.2. The molecule has 2 aromatic rings. The minimum Gasteiger partial charge on any atom is -0.495 e. The summed E-state index contributed by atoms with van der Waals surface area (Å²) >= 11 is 1.75. The molecule has 0 spiro atoms. The monoisotopic (exact) mass is 301 g/mol. The summed E-state index contributed by atoms with van der Waals surface area (Å²) in [5, 5.41) is 13.5. The molecule has 0 radical (unpaired) electrons. The van der Waals surface area contributed by atoms with Crippen LogP contribution in [0.5, 0.6) is 5.75 Å². The van der Waals surface area contributed by atoms with Crippen LogP contribution < -0.4 is 10.1 Å². The molecule has 110 valence electrons. The number of aryl methyl sites for hydroxylation is 1. The number of methoxy groups -OCH3 is 1. The number of benzene rings is 1. The predicted octanol–water partition coefficient (Wildman–Crippen LogP) is 3.44. The van der Waals surface area contributed by atoms with Crippen LogP contribution in [0, 0.1) is 11.3 Å². The second-order valence-corrected chi connectivity index (χ2v) is 5.91. The Morgan fingerprint density at radius 3 is 2.90 bits per heavy atom. The van der Waals surface area contributed by atoms with Gasteiger partial charge in [0, 0.05) is 17.6 Å². The smallest absolute Gasteiger partial charge is 0.136 e. The minimum atomic E-state index is 0.205. The zero-order chi connectivity index (χ0) is 15.2. The van der Waals surface area contributed by atoms with Gasteiger partial charge in [-0.3, -0.25) is 0 Å². The summed E-state index contributed by atoms with van der Waals surface area (Å²) < 4.78 is 5.23. The van der Waals surface area contributed by atoms with Crippen molar-refractivity contribution in [3.8, 4) is 11.8 Å². The summed E-state index contributed by atoms with van der Waals surface area (Å²) in [6.07, 6.45) is 2.97. The lowest BCUT2D eigenvalue weighted by atomic mass is 10.1. The zero-order valence-electron chi connectivity index (χ0n) is 12.5. The molecule has 0 aliphatic heterocycles. The zero-order valence-corrected chi connectivity index (χ0v) is 13.3. The number of ether oxygens (including phenoxy) is 1. The van der Waals surface area contributed by atoms with Crippen LogP contribution in [0.25, 0.3) is 0 Å². The number of nitriles is 1. The van der Waals surface area contributed by atoms with E-state index in [9.17, 15) is 0 Å².